The van der Waals surface area contributed by atoms with Crippen molar-refractivity contribution in [2.24, 2.45) is 5.10 Å². The quantitative estimate of drug-likeness (QED) is 0.123. The first-order valence-corrected chi connectivity index (χ1v) is 15.3. The molecule has 0 bridgehead atoms. The lowest BCUT2D eigenvalue weighted by atomic mass is 10.0. The lowest BCUT2D eigenvalue weighted by Crippen LogP contribution is -2.21. The number of nitrogens with zero attached hydrogens (tertiary/aromatic N) is 4. The second kappa shape index (κ2) is 13.0. The van der Waals surface area contributed by atoms with Gasteiger partial charge in [0.05, 0.1) is 35.0 Å². The third kappa shape index (κ3) is 6.47. The fraction of sp³-hybridized carbons (Fsp3) is 0.139. The standard InChI is InChI=1S/C36H32N4O2S/c1-3-22-42-31-18-16-27(17-19-31)35-28(24-39(38-35)29-10-6-4-7-11-29)23-33-34(25-43-32-20-14-26(2)15-21-32)37-40(36(33)41)30-12-8-5-9-13-30/h4-21,23-24H,3,22,25H2,1-2H3/b33-23+. The van der Waals surface area contributed by atoms with Gasteiger partial charge in [0.2, 0.25) is 0 Å². The van der Waals surface area contributed by atoms with E-state index >= 15 is 0 Å². The molecule has 0 N–H and O–H groups in total. The van der Waals surface area contributed by atoms with Crippen LogP contribution < -0.4 is 9.75 Å². The zero-order valence-corrected chi connectivity index (χ0v) is 25.0. The molecule has 0 aliphatic carbocycles. The Balaban J connectivity index is 1.41. The number of carbonyl (C=O) groups is 1. The largest absolute Gasteiger partial charge is 0.494 e. The number of amides is 1. The van der Waals surface area contributed by atoms with E-state index in [4.69, 9.17) is 14.9 Å². The minimum Gasteiger partial charge on any atom is -0.494 e. The van der Waals surface area contributed by atoms with Crippen molar-refractivity contribution in [1.29, 1.82) is 0 Å². The predicted molar refractivity (Wildman–Crippen MR) is 176 cm³/mol. The second-order valence-electron chi connectivity index (χ2n) is 10.2. The molecule has 6 rings (SSSR count). The summed E-state index contributed by atoms with van der Waals surface area (Å²) >= 11 is 1.67. The summed E-state index contributed by atoms with van der Waals surface area (Å²) in [4.78, 5) is 15.1. The maximum atomic E-state index is 13.9. The van der Waals surface area contributed by atoms with Gasteiger partial charge in [-0.3, -0.25) is 4.79 Å². The second-order valence-corrected chi connectivity index (χ2v) is 11.3. The Labute approximate surface area is 256 Å². The molecule has 1 aliphatic heterocycles. The molecule has 5 aromatic rings. The average Bonchev–Trinajstić information content (AvgIpc) is 3.62. The van der Waals surface area contributed by atoms with Crippen molar-refractivity contribution in [1.82, 2.24) is 9.78 Å². The maximum absolute atomic E-state index is 13.9. The van der Waals surface area contributed by atoms with Crippen LogP contribution in [0.5, 0.6) is 5.75 Å². The van der Waals surface area contributed by atoms with Gasteiger partial charge in [0.25, 0.3) is 5.91 Å². The first-order valence-electron chi connectivity index (χ1n) is 14.4. The fourth-order valence-corrected chi connectivity index (χ4v) is 5.60. The number of hydrogen-bond donors (Lipinski definition) is 0. The number of rotatable bonds is 10. The Morgan fingerprint density at radius 1 is 0.837 bits per heavy atom. The third-order valence-electron chi connectivity index (χ3n) is 7.02. The summed E-state index contributed by atoms with van der Waals surface area (Å²) in [5.41, 5.74) is 6.69. The molecular formula is C36H32N4O2S. The highest BCUT2D eigenvalue weighted by Crippen LogP contribution is 2.32. The molecule has 43 heavy (non-hydrogen) atoms. The zero-order valence-electron chi connectivity index (χ0n) is 24.2. The molecule has 1 aliphatic rings. The van der Waals surface area contributed by atoms with E-state index in [2.05, 4.69) is 38.1 Å². The van der Waals surface area contributed by atoms with Gasteiger partial charge in [0.1, 0.15) is 5.75 Å². The third-order valence-corrected chi connectivity index (χ3v) is 8.04. The molecule has 6 nitrogen and oxygen atoms in total. The molecule has 2 heterocycles. The summed E-state index contributed by atoms with van der Waals surface area (Å²) < 4.78 is 7.66. The van der Waals surface area contributed by atoms with E-state index in [0.717, 1.165) is 51.0 Å². The highest BCUT2D eigenvalue weighted by molar-refractivity contribution is 8.00. The molecular weight excluding hydrogens is 552 g/mol. The van der Waals surface area contributed by atoms with Gasteiger partial charge in [-0.2, -0.15) is 15.2 Å². The summed E-state index contributed by atoms with van der Waals surface area (Å²) in [5, 5.41) is 11.3. The van der Waals surface area contributed by atoms with Crippen LogP contribution in [0, 0.1) is 6.92 Å². The van der Waals surface area contributed by atoms with Gasteiger partial charge >= 0.3 is 0 Å². The van der Waals surface area contributed by atoms with Gasteiger partial charge in [0.15, 0.2) is 0 Å². The Hall–Kier alpha value is -4.88. The van der Waals surface area contributed by atoms with Crippen LogP contribution in [0.15, 0.2) is 131 Å². The molecule has 214 valence electrons. The number of aromatic nitrogens is 2. The van der Waals surface area contributed by atoms with E-state index in [1.54, 1.807) is 11.8 Å². The molecule has 0 saturated carbocycles. The first-order chi connectivity index (χ1) is 21.1. The van der Waals surface area contributed by atoms with Crippen molar-refractivity contribution in [3.8, 4) is 22.7 Å². The first kappa shape index (κ1) is 28.2. The topological polar surface area (TPSA) is 59.7 Å². The Kier molecular flexibility index (Phi) is 8.52. The molecule has 0 atom stereocenters. The highest BCUT2D eigenvalue weighted by atomic mass is 32.2. The monoisotopic (exact) mass is 584 g/mol. The van der Waals surface area contributed by atoms with Crippen LogP contribution in [0.25, 0.3) is 23.0 Å². The van der Waals surface area contributed by atoms with Gasteiger partial charge in [-0.15, -0.1) is 11.8 Å². The van der Waals surface area contributed by atoms with Crippen LogP contribution in [0.1, 0.15) is 24.5 Å². The number of benzene rings is 4. The van der Waals surface area contributed by atoms with Gasteiger partial charge in [-0.05, 0) is 80.1 Å². The minimum absolute atomic E-state index is 0.160. The number of ether oxygens (including phenoxy) is 1. The molecule has 0 radical (unpaired) electrons. The van der Waals surface area contributed by atoms with Crippen molar-refractivity contribution in [3.63, 3.8) is 0 Å². The number of anilines is 1. The van der Waals surface area contributed by atoms with Gasteiger partial charge in [0, 0.05) is 28.0 Å². The number of aryl methyl sites for hydroxylation is 1. The number of hydrazone groups is 1. The Morgan fingerprint density at radius 2 is 1.51 bits per heavy atom. The summed E-state index contributed by atoms with van der Waals surface area (Å²) in [6.45, 7) is 4.83. The van der Waals surface area contributed by atoms with Crippen molar-refractivity contribution in [2.75, 3.05) is 17.4 Å². The SMILES string of the molecule is CCCOc1ccc(-c2nn(-c3ccccc3)cc2/C=C2/C(=O)N(c3ccccc3)N=C2CSc2ccc(C)cc2)cc1. The van der Waals surface area contributed by atoms with Crippen LogP contribution in [-0.2, 0) is 4.79 Å². The Bertz CT molecular complexity index is 1760. The van der Waals surface area contributed by atoms with E-state index in [-0.39, 0.29) is 5.91 Å². The van der Waals surface area contributed by atoms with Gasteiger partial charge in [-0.25, -0.2) is 4.68 Å². The van der Waals surface area contributed by atoms with E-state index in [1.807, 2.05) is 102 Å². The van der Waals surface area contributed by atoms with E-state index < -0.39 is 0 Å². The van der Waals surface area contributed by atoms with Crippen LogP contribution in [-0.4, -0.2) is 33.8 Å². The van der Waals surface area contributed by atoms with Crippen LogP contribution in [0.4, 0.5) is 5.69 Å². The molecule has 0 spiro atoms. The fourth-order valence-electron chi connectivity index (χ4n) is 4.75. The van der Waals surface area contributed by atoms with Gasteiger partial charge in [-0.1, -0.05) is 61.0 Å². The lowest BCUT2D eigenvalue weighted by molar-refractivity contribution is -0.114. The van der Waals surface area contributed by atoms with Crippen LogP contribution in [0.3, 0.4) is 0 Å². The average molecular weight is 585 g/mol. The molecule has 0 fully saturated rings. The van der Waals surface area contributed by atoms with E-state index in [1.165, 1.54) is 10.6 Å². The summed E-state index contributed by atoms with van der Waals surface area (Å²) in [6.07, 6.45) is 4.85. The minimum atomic E-state index is -0.160. The molecule has 0 unspecified atom stereocenters. The van der Waals surface area contributed by atoms with Crippen LogP contribution in [0.2, 0.25) is 0 Å². The smallest absolute Gasteiger partial charge is 0.280 e. The van der Waals surface area contributed by atoms with E-state index in [0.29, 0.717) is 17.9 Å². The number of hydrogen-bond acceptors (Lipinski definition) is 5. The van der Waals surface area contributed by atoms with Crippen molar-refractivity contribution < 1.29 is 9.53 Å². The summed E-state index contributed by atoms with van der Waals surface area (Å²) in [6, 6.07) is 35.9. The normalized spacial score (nSPS) is 13.9. The molecule has 1 amide bonds. The molecule has 4 aromatic carbocycles. The number of carbonyl (C=O) groups excluding carboxylic acids is 1. The van der Waals surface area contributed by atoms with Gasteiger partial charge < -0.3 is 4.74 Å². The summed E-state index contributed by atoms with van der Waals surface area (Å²) in [5.74, 6) is 1.21. The van der Waals surface area contributed by atoms with Crippen molar-refractivity contribution in [3.05, 3.63) is 132 Å². The van der Waals surface area contributed by atoms with Crippen molar-refractivity contribution >= 4 is 35.1 Å². The molecule has 7 heteroatoms. The molecule has 0 saturated heterocycles. The summed E-state index contributed by atoms with van der Waals surface area (Å²) in [7, 11) is 0. The predicted octanol–water partition coefficient (Wildman–Crippen LogP) is 8.22. The number of thioether (sulfide) groups is 1. The van der Waals surface area contributed by atoms with Crippen LogP contribution >= 0.6 is 11.8 Å². The lowest BCUT2D eigenvalue weighted by Gasteiger charge is -2.11. The van der Waals surface area contributed by atoms with Crippen molar-refractivity contribution in [2.45, 2.75) is 25.2 Å². The maximum Gasteiger partial charge on any atom is 0.280 e. The van der Waals surface area contributed by atoms with E-state index in [9.17, 15) is 4.79 Å². The Morgan fingerprint density at radius 3 is 2.19 bits per heavy atom. The number of para-hydroxylation sites is 2. The zero-order chi connectivity index (χ0) is 29.6. The highest BCUT2D eigenvalue weighted by Gasteiger charge is 2.31. The molecule has 1 aromatic heterocycles.